The molecule has 172 valence electrons. The highest BCUT2D eigenvalue weighted by molar-refractivity contribution is 5.88. The summed E-state index contributed by atoms with van der Waals surface area (Å²) in [6.07, 6.45) is 10.8. The number of hydrogen-bond acceptors (Lipinski definition) is 1. The summed E-state index contributed by atoms with van der Waals surface area (Å²) in [6.45, 7) is 31.7. The van der Waals surface area contributed by atoms with Gasteiger partial charge in [-0.2, -0.15) is 0 Å². The van der Waals surface area contributed by atoms with Crippen LogP contribution in [0, 0.1) is 5.92 Å². The first-order valence-corrected chi connectivity index (χ1v) is 11.8. The number of nitrogens with one attached hydrogen (secondary N) is 1. The van der Waals surface area contributed by atoms with Crippen molar-refractivity contribution in [3.63, 3.8) is 0 Å². The molecule has 1 aliphatic rings. The Kier molecular flexibility index (Phi) is 40.3. The molecular weight excluding hydrogens is 354 g/mol. The highest BCUT2D eigenvalue weighted by Crippen LogP contribution is 2.33. The maximum Gasteiger partial charge on any atom is 0.231 e. The van der Waals surface area contributed by atoms with Gasteiger partial charge < -0.3 is 5.32 Å². The molecule has 1 rings (SSSR count). The highest BCUT2D eigenvalue weighted by Gasteiger charge is 2.28. The molecule has 0 aromatic heterocycles. The molecule has 1 amide bonds. The fourth-order valence-electron chi connectivity index (χ4n) is 2.34. The average molecular weight is 408 g/mol. The van der Waals surface area contributed by atoms with Crippen LogP contribution < -0.4 is 5.32 Å². The first kappa shape index (κ1) is 37.9. The molecular formula is C27H53NO. The number of carbonyl (C=O) groups is 1. The smallest absolute Gasteiger partial charge is 0.231 e. The van der Waals surface area contributed by atoms with Crippen LogP contribution in [0.2, 0.25) is 0 Å². The summed E-state index contributed by atoms with van der Waals surface area (Å²) in [5.74, 6) is -0.121. The van der Waals surface area contributed by atoms with Gasteiger partial charge in [0, 0.05) is 11.3 Å². The molecule has 2 heteroatoms. The van der Waals surface area contributed by atoms with Crippen molar-refractivity contribution in [3.8, 4) is 0 Å². The third-order valence-electron chi connectivity index (χ3n) is 3.30. The van der Waals surface area contributed by atoms with Gasteiger partial charge in [-0.25, -0.2) is 0 Å². The zero-order valence-electron chi connectivity index (χ0n) is 22.3. The van der Waals surface area contributed by atoms with Crippen LogP contribution in [0.25, 0.3) is 0 Å². The van der Waals surface area contributed by atoms with Crippen molar-refractivity contribution in [2.24, 2.45) is 5.92 Å². The Morgan fingerprint density at radius 2 is 1.31 bits per heavy atom. The quantitative estimate of drug-likeness (QED) is 0.485. The Morgan fingerprint density at radius 1 is 0.862 bits per heavy atom. The molecule has 29 heavy (non-hydrogen) atoms. The molecule has 2 nitrogen and oxygen atoms in total. The summed E-state index contributed by atoms with van der Waals surface area (Å²) in [5, 5.41) is 3.00. The predicted molar refractivity (Wildman–Crippen MR) is 138 cm³/mol. The number of allylic oxidation sites excluding steroid dienone is 6. The topological polar surface area (TPSA) is 29.1 Å². The monoisotopic (exact) mass is 407 g/mol. The van der Waals surface area contributed by atoms with Crippen LogP contribution in [-0.2, 0) is 4.79 Å². The van der Waals surface area contributed by atoms with Gasteiger partial charge in [-0.05, 0) is 38.3 Å². The molecule has 1 saturated heterocycles. The fourth-order valence-corrected chi connectivity index (χ4v) is 2.34. The number of carbonyl (C=O) groups excluding carboxylic acids is 1. The first-order chi connectivity index (χ1) is 14.1. The minimum absolute atomic E-state index is 0.0377. The van der Waals surface area contributed by atoms with E-state index in [0.717, 1.165) is 28.8 Å². The molecule has 1 N–H and O–H groups in total. The molecule has 1 heterocycles. The van der Waals surface area contributed by atoms with Gasteiger partial charge in [0.1, 0.15) is 0 Å². The van der Waals surface area contributed by atoms with Crippen molar-refractivity contribution < 1.29 is 4.79 Å². The van der Waals surface area contributed by atoms with Gasteiger partial charge in [0.2, 0.25) is 5.91 Å². The van der Waals surface area contributed by atoms with Crippen LogP contribution in [0.1, 0.15) is 103 Å². The Hall–Kier alpha value is -1.83. The van der Waals surface area contributed by atoms with Crippen molar-refractivity contribution in [2.75, 3.05) is 0 Å². The lowest BCUT2D eigenvalue weighted by Crippen LogP contribution is -2.27. The van der Waals surface area contributed by atoms with Crippen molar-refractivity contribution in [1.82, 2.24) is 5.32 Å². The van der Waals surface area contributed by atoms with Crippen LogP contribution >= 0.6 is 0 Å². The van der Waals surface area contributed by atoms with E-state index in [0.29, 0.717) is 0 Å². The van der Waals surface area contributed by atoms with Crippen LogP contribution in [0.4, 0.5) is 0 Å². The SMILES string of the molecule is C=C\C=C1/C(=CC)C(C)C(=O)NC(=C/C)/C1=C\CC.CC.CC.CC.CC.CC. The van der Waals surface area contributed by atoms with Gasteiger partial charge in [-0.3, -0.25) is 4.79 Å². The van der Waals surface area contributed by atoms with Crippen molar-refractivity contribution in [1.29, 1.82) is 0 Å². The molecule has 0 aliphatic carbocycles. The minimum Gasteiger partial charge on any atom is -0.325 e. The first-order valence-electron chi connectivity index (χ1n) is 11.8. The second kappa shape index (κ2) is 30.9. The molecule has 0 aromatic carbocycles. The van der Waals surface area contributed by atoms with E-state index in [2.05, 4.69) is 24.9 Å². The molecule has 1 atom stereocenters. The molecule has 1 fully saturated rings. The van der Waals surface area contributed by atoms with E-state index in [1.165, 1.54) is 0 Å². The minimum atomic E-state index is -0.158. The molecule has 1 unspecified atom stereocenters. The molecule has 0 saturated carbocycles. The molecule has 0 radical (unpaired) electrons. The lowest BCUT2D eigenvalue weighted by molar-refractivity contribution is -0.122. The van der Waals surface area contributed by atoms with E-state index < -0.39 is 0 Å². The van der Waals surface area contributed by atoms with Crippen LogP contribution in [0.3, 0.4) is 0 Å². The van der Waals surface area contributed by atoms with Crippen LogP contribution in [0.5, 0.6) is 0 Å². The second-order valence-electron chi connectivity index (χ2n) is 4.50. The molecule has 0 bridgehead atoms. The summed E-state index contributed by atoms with van der Waals surface area (Å²) in [6, 6.07) is 0. The Morgan fingerprint density at radius 3 is 1.62 bits per heavy atom. The highest BCUT2D eigenvalue weighted by atomic mass is 16.1. The van der Waals surface area contributed by atoms with Gasteiger partial charge in [-0.1, -0.05) is 113 Å². The lowest BCUT2D eigenvalue weighted by Gasteiger charge is -2.14. The third kappa shape index (κ3) is 14.8. The zero-order chi connectivity index (χ0) is 24.4. The number of hydrogen-bond donors (Lipinski definition) is 1. The second-order valence-corrected chi connectivity index (χ2v) is 4.50. The number of rotatable bonds is 2. The maximum atomic E-state index is 12.2. The van der Waals surface area contributed by atoms with E-state index in [-0.39, 0.29) is 11.8 Å². The lowest BCUT2D eigenvalue weighted by atomic mass is 9.88. The molecule has 0 aromatic rings. The summed E-state index contributed by atoms with van der Waals surface area (Å²) in [7, 11) is 0. The molecule has 1 aliphatic heterocycles. The van der Waals surface area contributed by atoms with Gasteiger partial charge >= 0.3 is 0 Å². The van der Waals surface area contributed by atoms with Gasteiger partial charge in [0.25, 0.3) is 0 Å². The largest absolute Gasteiger partial charge is 0.325 e. The summed E-state index contributed by atoms with van der Waals surface area (Å²) in [5.41, 5.74) is 4.09. The standard InChI is InChI=1S/C17H23NO.5C2H6/c1-6-10-14-13(8-3)12(5)17(19)18-16(9-4)15(14)11-7-2;5*1-2/h6,8-12H,1,7H2,2-5H3,(H,18,19);5*1-2H3/b13-8?,14-10+,15-11-,16-9+;;;;;. The van der Waals surface area contributed by atoms with Crippen molar-refractivity contribution >= 4 is 5.91 Å². The van der Waals surface area contributed by atoms with Gasteiger partial charge in [-0.15, -0.1) is 0 Å². The van der Waals surface area contributed by atoms with E-state index in [9.17, 15) is 4.79 Å². The van der Waals surface area contributed by atoms with Crippen LogP contribution in [0.15, 0.2) is 59.4 Å². The summed E-state index contributed by atoms with van der Waals surface area (Å²) >= 11 is 0. The Balaban J connectivity index is -0.000000167. The van der Waals surface area contributed by atoms with Crippen molar-refractivity contribution in [2.45, 2.75) is 103 Å². The van der Waals surface area contributed by atoms with Gasteiger partial charge in [0.05, 0.1) is 5.92 Å². The normalized spacial score (nSPS) is 19.9. The van der Waals surface area contributed by atoms with Crippen LogP contribution in [-0.4, -0.2) is 5.91 Å². The number of amides is 1. The van der Waals surface area contributed by atoms with E-state index in [4.69, 9.17) is 0 Å². The maximum absolute atomic E-state index is 12.2. The fraction of sp³-hybridized carbons (Fsp3) is 0.593. The van der Waals surface area contributed by atoms with E-state index >= 15 is 0 Å². The Labute approximate surface area is 185 Å². The van der Waals surface area contributed by atoms with E-state index in [1.807, 2.05) is 108 Å². The van der Waals surface area contributed by atoms with Gasteiger partial charge in [0.15, 0.2) is 0 Å². The molecule has 0 spiro atoms. The summed E-state index contributed by atoms with van der Waals surface area (Å²) in [4.78, 5) is 12.2. The average Bonchev–Trinajstić information content (AvgIpc) is 2.91. The zero-order valence-corrected chi connectivity index (χ0v) is 22.3. The predicted octanol–water partition coefficient (Wildman–Crippen LogP) is 9.18. The summed E-state index contributed by atoms with van der Waals surface area (Å²) < 4.78 is 0. The van der Waals surface area contributed by atoms with Crippen molar-refractivity contribution in [3.05, 3.63) is 59.4 Å². The van der Waals surface area contributed by atoms with E-state index in [1.54, 1.807) is 6.08 Å². The Bertz CT molecular complexity index is 491. The third-order valence-corrected chi connectivity index (χ3v) is 3.30.